The lowest BCUT2D eigenvalue weighted by atomic mass is 9.77. The van der Waals surface area contributed by atoms with Crippen LogP contribution < -0.4 is 0 Å². The number of halogens is 1. The quantitative estimate of drug-likeness (QED) is 0.611. The van der Waals surface area contributed by atoms with Gasteiger partial charge in [0.05, 0.1) is 10.7 Å². The first kappa shape index (κ1) is 18.4. The molecule has 1 aromatic carbocycles. The molecule has 0 saturated carbocycles. The lowest BCUT2D eigenvalue weighted by molar-refractivity contribution is 0.0602. The SMILES string of the molecule is Cc1ncc2c(n1)C1(CCCN(C(=O)c3ccc(-c4ccccc4Cl)o3)C1)CC2. The first-order chi connectivity index (χ1) is 14.1. The van der Waals surface area contributed by atoms with Gasteiger partial charge in [0.25, 0.3) is 5.91 Å². The highest BCUT2D eigenvalue weighted by atomic mass is 35.5. The van der Waals surface area contributed by atoms with E-state index in [9.17, 15) is 4.79 Å². The van der Waals surface area contributed by atoms with Gasteiger partial charge in [0.2, 0.25) is 0 Å². The third-order valence-corrected chi connectivity index (χ3v) is 6.51. The van der Waals surface area contributed by atoms with Crippen molar-refractivity contribution in [3.05, 3.63) is 70.5 Å². The minimum absolute atomic E-state index is 0.0604. The zero-order valence-electron chi connectivity index (χ0n) is 16.3. The van der Waals surface area contributed by atoms with Gasteiger partial charge in [-0.15, -0.1) is 0 Å². The van der Waals surface area contributed by atoms with Crippen molar-refractivity contribution in [3.63, 3.8) is 0 Å². The van der Waals surface area contributed by atoms with Gasteiger partial charge in [-0.3, -0.25) is 4.79 Å². The van der Waals surface area contributed by atoms with Crippen LogP contribution in [0.1, 0.15) is 46.9 Å². The molecule has 0 radical (unpaired) electrons. The Morgan fingerprint density at radius 2 is 2.07 bits per heavy atom. The Balaban J connectivity index is 1.41. The van der Waals surface area contributed by atoms with Crippen molar-refractivity contribution in [2.45, 2.75) is 38.0 Å². The Morgan fingerprint density at radius 1 is 1.21 bits per heavy atom. The minimum atomic E-state index is -0.0680. The predicted molar refractivity (Wildman–Crippen MR) is 111 cm³/mol. The summed E-state index contributed by atoms with van der Waals surface area (Å²) in [5.41, 5.74) is 3.09. The number of aryl methyl sites for hydroxylation is 2. The maximum Gasteiger partial charge on any atom is 0.289 e. The van der Waals surface area contributed by atoms with Crippen LogP contribution in [-0.4, -0.2) is 33.9 Å². The standard InChI is InChI=1S/C23H22ClN3O2/c1-15-25-13-16-9-11-23(21(16)26-15)10-4-12-27(14-23)22(28)20-8-7-19(29-20)17-5-2-3-6-18(17)24/h2-3,5-8,13H,4,9-12,14H2,1H3. The van der Waals surface area contributed by atoms with Crippen molar-refractivity contribution in [2.75, 3.05) is 13.1 Å². The fourth-order valence-electron chi connectivity index (χ4n) is 4.75. The van der Waals surface area contributed by atoms with Crippen LogP contribution in [0.4, 0.5) is 0 Å². The van der Waals surface area contributed by atoms with Crippen LogP contribution in [0.3, 0.4) is 0 Å². The third-order valence-electron chi connectivity index (χ3n) is 6.18. The van der Waals surface area contributed by atoms with Crippen LogP contribution in [0.2, 0.25) is 5.02 Å². The smallest absolute Gasteiger partial charge is 0.289 e. The molecule has 6 heteroatoms. The van der Waals surface area contributed by atoms with Crippen molar-refractivity contribution in [2.24, 2.45) is 0 Å². The molecule has 29 heavy (non-hydrogen) atoms. The van der Waals surface area contributed by atoms with Crippen LogP contribution in [0.25, 0.3) is 11.3 Å². The van der Waals surface area contributed by atoms with E-state index in [0.29, 0.717) is 23.1 Å². The van der Waals surface area contributed by atoms with Gasteiger partial charge in [-0.1, -0.05) is 23.7 Å². The van der Waals surface area contributed by atoms with E-state index >= 15 is 0 Å². The molecule has 1 aliphatic carbocycles. The summed E-state index contributed by atoms with van der Waals surface area (Å²) in [5.74, 6) is 1.69. The summed E-state index contributed by atoms with van der Waals surface area (Å²) in [6, 6.07) is 11.0. The number of furan rings is 1. The van der Waals surface area contributed by atoms with Crippen molar-refractivity contribution >= 4 is 17.5 Å². The molecule has 5 rings (SSSR count). The van der Waals surface area contributed by atoms with E-state index in [4.69, 9.17) is 21.0 Å². The number of hydrogen-bond donors (Lipinski definition) is 0. The van der Waals surface area contributed by atoms with E-state index in [0.717, 1.165) is 49.3 Å². The molecule has 1 spiro atoms. The van der Waals surface area contributed by atoms with E-state index in [2.05, 4.69) is 4.98 Å². The van der Waals surface area contributed by atoms with Gasteiger partial charge in [0, 0.05) is 30.3 Å². The second-order valence-corrected chi connectivity index (χ2v) is 8.45. The average Bonchev–Trinajstić information content (AvgIpc) is 3.34. The molecule has 1 atom stereocenters. The normalized spacial score (nSPS) is 20.8. The van der Waals surface area contributed by atoms with Crippen molar-refractivity contribution in [1.82, 2.24) is 14.9 Å². The number of amides is 1. The molecule has 1 unspecified atom stereocenters. The summed E-state index contributed by atoms with van der Waals surface area (Å²) in [6.07, 6.45) is 5.98. The number of aromatic nitrogens is 2. The fourth-order valence-corrected chi connectivity index (χ4v) is 4.98. The Morgan fingerprint density at radius 3 is 2.93 bits per heavy atom. The van der Waals surface area contributed by atoms with Gasteiger partial charge in [-0.05, 0) is 62.4 Å². The maximum atomic E-state index is 13.2. The van der Waals surface area contributed by atoms with Crippen LogP contribution in [-0.2, 0) is 11.8 Å². The molecule has 5 nitrogen and oxygen atoms in total. The van der Waals surface area contributed by atoms with Gasteiger partial charge in [0.1, 0.15) is 11.6 Å². The first-order valence-corrected chi connectivity index (χ1v) is 10.4. The molecule has 3 aromatic rings. The summed E-state index contributed by atoms with van der Waals surface area (Å²) in [5, 5.41) is 0.607. The lowest BCUT2D eigenvalue weighted by Gasteiger charge is -2.40. The van der Waals surface area contributed by atoms with E-state index < -0.39 is 0 Å². The summed E-state index contributed by atoms with van der Waals surface area (Å²) in [4.78, 5) is 24.3. The van der Waals surface area contributed by atoms with Crippen LogP contribution in [0, 0.1) is 6.92 Å². The third kappa shape index (κ3) is 3.14. The van der Waals surface area contributed by atoms with Crippen molar-refractivity contribution in [1.29, 1.82) is 0 Å². The second-order valence-electron chi connectivity index (χ2n) is 8.05. The van der Waals surface area contributed by atoms with Gasteiger partial charge >= 0.3 is 0 Å². The highest BCUT2D eigenvalue weighted by Crippen LogP contribution is 2.44. The van der Waals surface area contributed by atoms with Gasteiger partial charge in [-0.2, -0.15) is 0 Å². The van der Waals surface area contributed by atoms with Gasteiger partial charge < -0.3 is 9.32 Å². The van der Waals surface area contributed by atoms with Crippen molar-refractivity contribution in [3.8, 4) is 11.3 Å². The Bertz CT molecular complexity index is 1090. The van der Waals surface area contributed by atoms with Crippen molar-refractivity contribution < 1.29 is 9.21 Å². The van der Waals surface area contributed by atoms with Crippen LogP contribution in [0.15, 0.2) is 47.0 Å². The molecule has 1 fully saturated rings. The number of rotatable bonds is 2. The number of nitrogens with zero attached hydrogens (tertiary/aromatic N) is 3. The molecular weight excluding hydrogens is 386 g/mol. The van der Waals surface area contributed by atoms with E-state index in [1.165, 1.54) is 5.56 Å². The second kappa shape index (κ2) is 6.99. The molecular formula is C23H22ClN3O2. The Kier molecular flexibility index (Phi) is 4.43. The van der Waals surface area contributed by atoms with Gasteiger partial charge in [-0.25, -0.2) is 9.97 Å². The van der Waals surface area contributed by atoms with Crippen LogP contribution in [0.5, 0.6) is 0 Å². The molecule has 3 heterocycles. The number of likely N-dealkylation sites (tertiary alicyclic amines) is 1. The number of hydrogen-bond acceptors (Lipinski definition) is 4. The zero-order valence-corrected chi connectivity index (χ0v) is 17.1. The number of piperidine rings is 1. The van der Waals surface area contributed by atoms with E-state index in [-0.39, 0.29) is 11.3 Å². The molecule has 2 aliphatic rings. The number of carbonyl (C=O) groups is 1. The predicted octanol–water partition coefficient (Wildman–Crippen LogP) is 4.82. The minimum Gasteiger partial charge on any atom is -0.451 e. The van der Waals surface area contributed by atoms with Crippen LogP contribution >= 0.6 is 11.6 Å². The maximum absolute atomic E-state index is 13.2. The number of fused-ring (bicyclic) bond motifs is 2. The van der Waals surface area contributed by atoms with Gasteiger partial charge in [0.15, 0.2) is 5.76 Å². The summed E-state index contributed by atoms with van der Waals surface area (Å²) >= 11 is 6.27. The van der Waals surface area contributed by atoms with E-state index in [1.54, 1.807) is 6.07 Å². The fraction of sp³-hybridized carbons (Fsp3) is 0.348. The number of benzene rings is 1. The van der Waals surface area contributed by atoms with E-state index in [1.807, 2.05) is 48.4 Å². The lowest BCUT2D eigenvalue weighted by Crippen LogP contribution is -2.47. The highest BCUT2D eigenvalue weighted by molar-refractivity contribution is 6.33. The average molecular weight is 408 g/mol. The summed E-state index contributed by atoms with van der Waals surface area (Å²) < 4.78 is 5.90. The monoisotopic (exact) mass is 407 g/mol. The summed E-state index contributed by atoms with van der Waals surface area (Å²) in [6.45, 7) is 3.34. The largest absolute Gasteiger partial charge is 0.451 e. The molecule has 1 amide bonds. The molecule has 1 aliphatic heterocycles. The molecule has 0 bridgehead atoms. The molecule has 0 N–H and O–H groups in total. The molecule has 2 aromatic heterocycles. The summed E-state index contributed by atoms with van der Waals surface area (Å²) in [7, 11) is 0. The Hall–Kier alpha value is -2.66. The molecule has 148 valence electrons. The zero-order chi connectivity index (χ0) is 20.0. The number of carbonyl (C=O) groups excluding carboxylic acids is 1. The Labute approximate surface area is 174 Å². The molecule has 1 saturated heterocycles. The highest BCUT2D eigenvalue weighted by Gasteiger charge is 2.45. The first-order valence-electron chi connectivity index (χ1n) is 10.0. The topological polar surface area (TPSA) is 59.2 Å².